The third-order valence-electron chi connectivity index (χ3n) is 7.88. The lowest BCUT2D eigenvalue weighted by molar-refractivity contribution is -0.274. The Bertz CT molecular complexity index is 1450. The minimum Gasteiger partial charge on any atom is -0.406 e. The number of aromatic nitrogens is 2. The first-order valence-corrected chi connectivity index (χ1v) is 14.1. The summed E-state index contributed by atoms with van der Waals surface area (Å²) in [7, 11) is 0. The molecule has 42 heavy (non-hydrogen) atoms. The number of hydrogen-bond donors (Lipinski definition) is 1. The van der Waals surface area contributed by atoms with E-state index in [1.54, 1.807) is 17.9 Å². The second-order valence-corrected chi connectivity index (χ2v) is 10.7. The SMILES string of the molecule is CCN(CC)C(=O)CN1CCc2c(-c3cccc(OC(F)(F)F)c3)ccc(CNC(=O)[C@@H]3C[C@@H]3c3nc(C)no3)c2C1. The van der Waals surface area contributed by atoms with Crippen LogP contribution in [0.2, 0.25) is 0 Å². The summed E-state index contributed by atoms with van der Waals surface area (Å²) in [6.45, 7) is 8.52. The Kier molecular flexibility index (Phi) is 8.53. The van der Waals surface area contributed by atoms with Crippen molar-refractivity contribution in [2.24, 2.45) is 5.92 Å². The number of alkyl halides is 3. The third-order valence-corrected chi connectivity index (χ3v) is 7.88. The second-order valence-electron chi connectivity index (χ2n) is 10.7. The molecule has 2 atom stereocenters. The molecule has 0 spiro atoms. The molecule has 224 valence electrons. The van der Waals surface area contributed by atoms with E-state index in [1.807, 2.05) is 26.0 Å². The van der Waals surface area contributed by atoms with Gasteiger partial charge >= 0.3 is 6.36 Å². The molecule has 1 saturated carbocycles. The van der Waals surface area contributed by atoms with Crippen molar-refractivity contribution in [1.82, 2.24) is 25.3 Å². The second kappa shape index (κ2) is 12.1. The predicted octanol–water partition coefficient (Wildman–Crippen LogP) is 4.59. The number of benzene rings is 2. The molecule has 5 rings (SSSR count). The van der Waals surface area contributed by atoms with E-state index in [0.29, 0.717) is 56.3 Å². The van der Waals surface area contributed by atoms with E-state index in [1.165, 1.54) is 18.2 Å². The highest BCUT2D eigenvalue weighted by Crippen LogP contribution is 2.47. The molecule has 0 saturated heterocycles. The molecule has 2 aliphatic rings. The summed E-state index contributed by atoms with van der Waals surface area (Å²) >= 11 is 0. The normalized spacial score (nSPS) is 18.3. The maximum absolute atomic E-state index is 13.0. The summed E-state index contributed by atoms with van der Waals surface area (Å²) in [4.78, 5) is 33.9. The summed E-state index contributed by atoms with van der Waals surface area (Å²) in [5, 5.41) is 6.84. The van der Waals surface area contributed by atoms with Gasteiger partial charge in [0.2, 0.25) is 17.7 Å². The molecule has 2 aromatic carbocycles. The zero-order chi connectivity index (χ0) is 30.0. The van der Waals surface area contributed by atoms with E-state index in [0.717, 1.165) is 22.3 Å². The maximum Gasteiger partial charge on any atom is 0.573 e. The highest BCUT2D eigenvalue weighted by atomic mass is 19.4. The van der Waals surface area contributed by atoms with Crippen molar-refractivity contribution >= 4 is 11.8 Å². The van der Waals surface area contributed by atoms with Crippen molar-refractivity contribution in [3.05, 3.63) is 64.8 Å². The van der Waals surface area contributed by atoms with Gasteiger partial charge in [-0.1, -0.05) is 29.4 Å². The topological polar surface area (TPSA) is 101 Å². The van der Waals surface area contributed by atoms with Gasteiger partial charge in [0, 0.05) is 32.7 Å². The average molecular weight is 586 g/mol. The van der Waals surface area contributed by atoms with Crippen LogP contribution in [0.4, 0.5) is 13.2 Å². The predicted molar refractivity (Wildman–Crippen MR) is 147 cm³/mol. The molecule has 1 aliphatic heterocycles. The van der Waals surface area contributed by atoms with Gasteiger partial charge in [-0.15, -0.1) is 13.2 Å². The van der Waals surface area contributed by atoms with Crippen LogP contribution in [0.1, 0.15) is 54.6 Å². The summed E-state index contributed by atoms with van der Waals surface area (Å²) in [6, 6.07) is 9.72. The van der Waals surface area contributed by atoms with Crippen molar-refractivity contribution < 1.29 is 32.0 Å². The lowest BCUT2D eigenvalue weighted by Crippen LogP contribution is -2.42. The fourth-order valence-electron chi connectivity index (χ4n) is 5.63. The Morgan fingerprint density at radius 2 is 1.95 bits per heavy atom. The van der Waals surface area contributed by atoms with E-state index in [4.69, 9.17) is 4.52 Å². The Hall–Kier alpha value is -3.93. The molecule has 0 radical (unpaired) electrons. The highest BCUT2D eigenvalue weighted by molar-refractivity contribution is 5.82. The Morgan fingerprint density at radius 3 is 2.64 bits per heavy atom. The third kappa shape index (κ3) is 6.75. The zero-order valence-corrected chi connectivity index (χ0v) is 23.8. The Labute approximate surface area is 242 Å². The number of carbonyl (C=O) groups is 2. The van der Waals surface area contributed by atoms with Gasteiger partial charge in [-0.3, -0.25) is 14.5 Å². The molecule has 1 N–H and O–H groups in total. The van der Waals surface area contributed by atoms with Crippen LogP contribution in [0.15, 0.2) is 40.9 Å². The fourth-order valence-corrected chi connectivity index (χ4v) is 5.63. The van der Waals surface area contributed by atoms with E-state index >= 15 is 0 Å². The van der Waals surface area contributed by atoms with E-state index in [2.05, 4.69) is 25.1 Å². The molecule has 1 aromatic heterocycles. The fraction of sp³-hybridized carbons (Fsp3) is 0.467. The van der Waals surface area contributed by atoms with E-state index in [-0.39, 0.29) is 42.5 Å². The van der Waals surface area contributed by atoms with Crippen molar-refractivity contribution in [1.29, 1.82) is 0 Å². The first kappa shape index (κ1) is 29.6. The number of hydrogen-bond acceptors (Lipinski definition) is 7. The van der Waals surface area contributed by atoms with Gasteiger partial charge in [0.15, 0.2) is 5.82 Å². The van der Waals surface area contributed by atoms with Crippen LogP contribution in [0, 0.1) is 12.8 Å². The van der Waals surface area contributed by atoms with Crippen LogP contribution in [0.3, 0.4) is 0 Å². The number of amides is 2. The van der Waals surface area contributed by atoms with Crippen LogP contribution in [-0.2, 0) is 29.1 Å². The van der Waals surface area contributed by atoms with Gasteiger partial charge in [0.05, 0.1) is 18.4 Å². The summed E-state index contributed by atoms with van der Waals surface area (Å²) < 4.78 is 48.0. The van der Waals surface area contributed by atoms with Gasteiger partial charge < -0.3 is 19.5 Å². The molecule has 2 amide bonds. The van der Waals surface area contributed by atoms with Crippen molar-refractivity contribution in [2.45, 2.75) is 59.0 Å². The lowest BCUT2D eigenvalue weighted by Gasteiger charge is -2.33. The summed E-state index contributed by atoms with van der Waals surface area (Å²) in [5.41, 5.74) is 4.26. The van der Waals surface area contributed by atoms with Gasteiger partial charge in [-0.25, -0.2) is 0 Å². The largest absolute Gasteiger partial charge is 0.573 e. The van der Waals surface area contributed by atoms with E-state index < -0.39 is 6.36 Å². The Morgan fingerprint density at radius 1 is 1.17 bits per heavy atom. The maximum atomic E-state index is 13.0. The number of ether oxygens (including phenoxy) is 1. The number of likely N-dealkylation sites (N-methyl/N-ethyl adjacent to an activating group) is 1. The number of fused-ring (bicyclic) bond motifs is 1. The molecule has 12 heteroatoms. The smallest absolute Gasteiger partial charge is 0.406 e. The van der Waals surface area contributed by atoms with Crippen LogP contribution in [0.5, 0.6) is 5.75 Å². The van der Waals surface area contributed by atoms with Gasteiger partial charge in [0.1, 0.15) is 5.75 Å². The minimum atomic E-state index is -4.79. The van der Waals surface area contributed by atoms with Crippen molar-refractivity contribution in [2.75, 3.05) is 26.2 Å². The Balaban J connectivity index is 1.38. The monoisotopic (exact) mass is 585 g/mol. The number of nitrogens with one attached hydrogen (secondary N) is 1. The summed E-state index contributed by atoms with van der Waals surface area (Å²) in [5.74, 6) is 0.331. The van der Waals surface area contributed by atoms with Crippen LogP contribution in [-0.4, -0.2) is 64.3 Å². The molecular formula is C30H34F3N5O4. The first-order chi connectivity index (χ1) is 20.1. The summed E-state index contributed by atoms with van der Waals surface area (Å²) in [6.07, 6.45) is -3.55. The molecule has 9 nitrogen and oxygen atoms in total. The van der Waals surface area contributed by atoms with Crippen LogP contribution in [0.25, 0.3) is 11.1 Å². The lowest BCUT2D eigenvalue weighted by atomic mass is 9.87. The van der Waals surface area contributed by atoms with E-state index in [9.17, 15) is 22.8 Å². The molecular weight excluding hydrogens is 551 g/mol. The molecule has 1 aliphatic carbocycles. The number of rotatable bonds is 10. The van der Waals surface area contributed by atoms with Crippen molar-refractivity contribution in [3.8, 4) is 16.9 Å². The number of nitrogens with zero attached hydrogens (tertiary/aromatic N) is 4. The first-order valence-electron chi connectivity index (χ1n) is 14.1. The van der Waals surface area contributed by atoms with Crippen molar-refractivity contribution in [3.63, 3.8) is 0 Å². The number of halogens is 3. The number of aryl methyl sites for hydroxylation is 1. The molecule has 2 heterocycles. The van der Waals surface area contributed by atoms with Gasteiger partial charge in [-0.2, -0.15) is 4.98 Å². The molecule has 3 aromatic rings. The highest BCUT2D eigenvalue weighted by Gasteiger charge is 2.47. The van der Waals surface area contributed by atoms with Crippen LogP contribution >= 0.6 is 0 Å². The quantitative estimate of drug-likeness (QED) is 0.372. The zero-order valence-electron chi connectivity index (χ0n) is 23.8. The molecule has 1 fully saturated rings. The number of carbonyl (C=O) groups excluding carboxylic acids is 2. The molecule has 0 unspecified atom stereocenters. The van der Waals surface area contributed by atoms with Gasteiger partial charge in [-0.05, 0) is 73.6 Å². The molecule has 0 bridgehead atoms. The minimum absolute atomic E-state index is 0.0440. The standard InChI is InChI=1S/C30H34F3N5O4/c1-4-38(5-2)27(39)17-37-12-11-23-22(19-7-6-8-21(13-19)41-30(31,32)33)10-9-20(26(23)16-37)15-34-28(40)24-14-25(24)29-35-18(3)36-42-29/h6-10,13,24-25H,4-5,11-12,14-17H2,1-3H3,(H,34,40)/t24-,25+/m1/s1. The van der Waals surface area contributed by atoms with Gasteiger partial charge in [0.25, 0.3) is 0 Å². The average Bonchev–Trinajstić information content (AvgIpc) is 3.64. The van der Waals surface area contributed by atoms with Crippen LogP contribution < -0.4 is 10.1 Å².